The number of halogens is 2. The van der Waals surface area contributed by atoms with E-state index in [9.17, 15) is 9.18 Å². The van der Waals surface area contributed by atoms with Crippen molar-refractivity contribution in [1.29, 1.82) is 0 Å². The van der Waals surface area contributed by atoms with Crippen LogP contribution in [0.1, 0.15) is 5.56 Å². The fourth-order valence-electron chi connectivity index (χ4n) is 1.39. The Bertz CT molecular complexity index is 659. The lowest BCUT2D eigenvalue weighted by Gasteiger charge is -2.01. The van der Waals surface area contributed by atoms with E-state index in [1.54, 1.807) is 18.2 Å². The van der Waals surface area contributed by atoms with E-state index in [0.29, 0.717) is 10.2 Å². The fourth-order valence-corrected chi connectivity index (χ4v) is 1.63. The Hall–Kier alpha value is -2.12. The van der Waals surface area contributed by atoms with Crippen LogP contribution in [-0.4, -0.2) is 5.91 Å². The van der Waals surface area contributed by atoms with Crippen LogP contribution in [0.4, 0.5) is 10.1 Å². The lowest BCUT2D eigenvalue weighted by molar-refractivity contribution is -0.111. The second kappa shape index (κ2) is 6.17. The highest BCUT2D eigenvalue weighted by Crippen LogP contribution is 2.19. The monoisotopic (exact) mass is 317 g/mol. The number of carbonyl (C=O) groups excluding carboxylic acids is 1. The molecule has 0 aliphatic heterocycles. The van der Waals surface area contributed by atoms with Gasteiger partial charge in [-0.2, -0.15) is 0 Å². The van der Waals surface area contributed by atoms with Crippen LogP contribution in [0.15, 0.2) is 53.0 Å². The second-order valence-corrected chi connectivity index (χ2v) is 4.55. The molecular formula is C15H9BrFNO. The molecule has 0 bridgehead atoms. The van der Waals surface area contributed by atoms with Crippen LogP contribution < -0.4 is 5.32 Å². The average Bonchev–Trinajstić information content (AvgIpc) is 2.42. The van der Waals surface area contributed by atoms with Gasteiger partial charge in [0.1, 0.15) is 5.82 Å². The van der Waals surface area contributed by atoms with Crippen LogP contribution in [-0.2, 0) is 4.79 Å². The summed E-state index contributed by atoms with van der Waals surface area (Å²) >= 11 is 3.04. The minimum atomic E-state index is -0.481. The van der Waals surface area contributed by atoms with Crippen molar-refractivity contribution >= 4 is 27.5 Å². The van der Waals surface area contributed by atoms with Gasteiger partial charge >= 0.3 is 5.91 Å². The molecule has 0 spiro atoms. The normalized spacial score (nSPS) is 9.37. The van der Waals surface area contributed by atoms with Crippen LogP contribution in [0.5, 0.6) is 0 Å². The Morgan fingerprint density at radius 1 is 1.16 bits per heavy atom. The molecule has 0 aliphatic rings. The van der Waals surface area contributed by atoms with Crippen molar-refractivity contribution < 1.29 is 9.18 Å². The Kier molecular flexibility index (Phi) is 4.32. The summed E-state index contributed by atoms with van der Waals surface area (Å²) in [7, 11) is 0. The van der Waals surface area contributed by atoms with Gasteiger partial charge in [-0.3, -0.25) is 4.79 Å². The molecule has 0 aromatic heterocycles. The van der Waals surface area contributed by atoms with Gasteiger partial charge in [0.25, 0.3) is 0 Å². The molecule has 0 fully saturated rings. The van der Waals surface area contributed by atoms with Gasteiger partial charge in [-0.1, -0.05) is 24.1 Å². The van der Waals surface area contributed by atoms with Gasteiger partial charge in [-0.25, -0.2) is 4.39 Å². The Balaban J connectivity index is 2.06. The zero-order valence-electron chi connectivity index (χ0n) is 9.78. The molecule has 94 valence electrons. The van der Waals surface area contributed by atoms with Crippen molar-refractivity contribution in [2.24, 2.45) is 0 Å². The van der Waals surface area contributed by atoms with Crippen LogP contribution in [0, 0.1) is 17.7 Å². The molecule has 1 N–H and O–H groups in total. The van der Waals surface area contributed by atoms with Crippen molar-refractivity contribution in [2.45, 2.75) is 0 Å². The third-order valence-corrected chi connectivity index (χ3v) is 2.91. The van der Waals surface area contributed by atoms with E-state index in [-0.39, 0.29) is 0 Å². The maximum absolute atomic E-state index is 13.2. The van der Waals surface area contributed by atoms with Gasteiger partial charge in [-0.05, 0) is 46.3 Å². The number of hydrogen-bond donors (Lipinski definition) is 1. The molecule has 0 saturated carbocycles. The second-order valence-electron chi connectivity index (χ2n) is 3.70. The first-order valence-corrected chi connectivity index (χ1v) is 6.27. The van der Waals surface area contributed by atoms with Crippen molar-refractivity contribution in [2.75, 3.05) is 5.32 Å². The molecule has 0 radical (unpaired) electrons. The fraction of sp³-hybridized carbons (Fsp3) is 0. The molecule has 0 atom stereocenters. The van der Waals surface area contributed by atoms with E-state index in [1.807, 2.05) is 18.2 Å². The number of hydrogen-bond acceptors (Lipinski definition) is 1. The molecular weight excluding hydrogens is 309 g/mol. The van der Waals surface area contributed by atoms with Gasteiger partial charge in [0.05, 0.1) is 4.47 Å². The summed E-state index contributed by atoms with van der Waals surface area (Å²) in [6, 6.07) is 13.5. The molecule has 2 aromatic carbocycles. The Morgan fingerprint density at radius 2 is 1.89 bits per heavy atom. The third kappa shape index (κ3) is 3.94. The van der Waals surface area contributed by atoms with Gasteiger partial charge < -0.3 is 5.32 Å². The zero-order valence-corrected chi connectivity index (χ0v) is 11.4. The summed E-state index contributed by atoms with van der Waals surface area (Å²) < 4.78 is 13.6. The lowest BCUT2D eigenvalue weighted by Crippen LogP contribution is -2.08. The Morgan fingerprint density at radius 3 is 2.58 bits per heavy atom. The molecule has 2 rings (SSSR count). The maximum Gasteiger partial charge on any atom is 0.300 e. The SMILES string of the molecule is O=C(C#Cc1ccccc1)Nc1ccc(Br)c(F)c1. The average molecular weight is 318 g/mol. The van der Waals surface area contributed by atoms with E-state index in [2.05, 4.69) is 33.1 Å². The number of carbonyl (C=O) groups is 1. The minimum absolute atomic E-state index is 0.348. The van der Waals surface area contributed by atoms with Gasteiger partial charge in [-0.15, -0.1) is 0 Å². The first kappa shape index (κ1) is 13.3. The summed E-state index contributed by atoms with van der Waals surface area (Å²) in [5.74, 6) is 4.26. The first-order chi connectivity index (χ1) is 9.15. The van der Waals surface area contributed by atoms with Crippen LogP contribution in [0.25, 0.3) is 0 Å². The molecule has 2 aromatic rings. The zero-order chi connectivity index (χ0) is 13.7. The summed E-state index contributed by atoms with van der Waals surface area (Å²) in [4.78, 5) is 11.6. The van der Waals surface area contributed by atoms with Crippen LogP contribution in [0.2, 0.25) is 0 Å². The standard InChI is InChI=1S/C15H9BrFNO/c16-13-8-7-12(10-14(13)17)18-15(19)9-6-11-4-2-1-3-5-11/h1-5,7-8,10H,(H,18,19). The minimum Gasteiger partial charge on any atom is -0.315 e. The van der Waals surface area contributed by atoms with E-state index in [4.69, 9.17) is 0 Å². The largest absolute Gasteiger partial charge is 0.315 e. The molecule has 1 amide bonds. The Labute approximate surface area is 118 Å². The number of amides is 1. The number of nitrogens with one attached hydrogen (secondary N) is 1. The topological polar surface area (TPSA) is 29.1 Å². The smallest absolute Gasteiger partial charge is 0.300 e. The molecule has 0 aliphatic carbocycles. The molecule has 4 heteroatoms. The maximum atomic E-state index is 13.2. The molecule has 19 heavy (non-hydrogen) atoms. The van der Waals surface area contributed by atoms with E-state index in [0.717, 1.165) is 5.56 Å². The predicted octanol–water partition coefficient (Wildman–Crippen LogP) is 3.58. The molecule has 2 nitrogen and oxygen atoms in total. The van der Waals surface area contributed by atoms with Gasteiger partial charge in [0.15, 0.2) is 0 Å². The summed E-state index contributed by atoms with van der Waals surface area (Å²) in [5.41, 5.74) is 1.12. The third-order valence-electron chi connectivity index (χ3n) is 2.27. The number of benzene rings is 2. The number of anilines is 1. The van der Waals surface area contributed by atoms with Gasteiger partial charge in [0, 0.05) is 17.2 Å². The van der Waals surface area contributed by atoms with Gasteiger partial charge in [0.2, 0.25) is 0 Å². The van der Waals surface area contributed by atoms with Crippen molar-refractivity contribution in [3.05, 3.63) is 64.4 Å². The molecule has 0 saturated heterocycles. The quantitative estimate of drug-likeness (QED) is 0.800. The lowest BCUT2D eigenvalue weighted by atomic mass is 10.2. The highest BCUT2D eigenvalue weighted by atomic mass is 79.9. The van der Waals surface area contributed by atoms with Crippen molar-refractivity contribution in [3.63, 3.8) is 0 Å². The first-order valence-electron chi connectivity index (χ1n) is 5.48. The predicted molar refractivity (Wildman–Crippen MR) is 76.0 cm³/mol. The summed E-state index contributed by atoms with van der Waals surface area (Å²) in [6.07, 6.45) is 0. The van der Waals surface area contributed by atoms with E-state index < -0.39 is 11.7 Å². The highest BCUT2D eigenvalue weighted by molar-refractivity contribution is 9.10. The number of rotatable bonds is 1. The van der Waals surface area contributed by atoms with Crippen molar-refractivity contribution in [3.8, 4) is 11.8 Å². The molecule has 0 unspecified atom stereocenters. The summed E-state index contributed by atoms with van der Waals surface area (Å²) in [5, 5.41) is 2.51. The van der Waals surface area contributed by atoms with Crippen molar-refractivity contribution in [1.82, 2.24) is 0 Å². The highest BCUT2D eigenvalue weighted by Gasteiger charge is 2.02. The van der Waals surface area contributed by atoms with Crippen LogP contribution in [0.3, 0.4) is 0 Å². The van der Waals surface area contributed by atoms with Crippen LogP contribution >= 0.6 is 15.9 Å². The van der Waals surface area contributed by atoms with E-state index in [1.165, 1.54) is 12.1 Å². The van der Waals surface area contributed by atoms with E-state index >= 15 is 0 Å². The summed E-state index contributed by atoms with van der Waals surface area (Å²) in [6.45, 7) is 0. The molecule has 0 heterocycles.